The Morgan fingerprint density at radius 2 is 2.00 bits per heavy atom. The van der Waals surface area contributed by atoms with Crippen LogP contribution in [0.3, 0.4) is 0 Å². The lowest BCUT2D eigenvalue weighted by Crippen LogP contribution is -2.37. The Balaban J connectivity index is 0.00000361. The first kappa shape index (κ1) is 19.1. The molecule has 0 bridgehead atoms. The van der Waals surface area contributed by atoms with Crippen molar-refractivity contribution in [1.29, 1.82) is 0 Å². The van der Waals surface area contributed by atoms with E-state index in [2.05, 4.69) is 22.5 Å². The maximum absolute atomic E-state index is 13.4. The molecule has 20 heavy (non-hydrogen) atoms. The second kappa shape index (κ2) is 10.9. The summed E-state index contributed by atoms with van der Waals surface area (Å²) in [7, 11) is 0. The van der Waals surface area contributed by atoms with Gasteiger partial charge in [0.2, 0.25) is 0 Å². The number of guanidine groups is 1. The molecule has 1 aromatic carbocycles. The molecule has 0 spiro atoms. The van der Waals surface area contributed by atoms with E-state index in [0.29, 0.717) is 12.1 Å². The Bertz CT molecular complexity index is 422. The lowest BCUT2D eigenvalue weighted by Gasteiger charge is -2.10. The molecule has 5 heteroatoms. The monoisotopic (exact) mass is 393 g/mol. The van der Waals surface area contributed by atoms with E-state index in [9.17, 15) is 4.39 Å². The highest BCUT2D eigenvalue weighted by Crippen LogP contribution is 2.09. The Kier molecular flexibility index (Phi) is 10.4. The molecule has 0 saturated heterocycles. The first-order chi connectivity index (χ1) is 9.17. The van der Waals surface area contributed by atoms with E-state index in [1.807, 2.05) is 13.0 Å². The van der Waals surface area contributed by atoms with Gasteiger partial charge >= 0.3 is 0 Å². The summed E-state index contributed by atoms with van der Waals surface area (Å²) in [6.45, 7) is 8.16. The molecule has 3 nitrogen and oxygen atoms in total. The SMILES string of the molecule is CCCCNC(=NCc1ccc(C)c(F)c1)NCC.I. The number of aryl methyl sites for hydroxylation is 1. The van der Waals surface area contributed by atoms with Crippen molar-refractivity contribution in [3.05, 3.63) is 35.1 Å². The van der Waals surface area contributed by atoms with Crippen LogP contribution in [-0.4, -0.2) is 19.0 Å². The van der Waals surface area contributed by atoms with Gasteiger partial charge in [0.25, 0.3) is 0 Å². The normalized spacial score (nSPS) is 10.9. The van der Waals surface area contributed by atoms with Gasteiger partial charge in [-0.05, 0) is 37.5 Å². The van der Waals surface area contributed by atoms with E-state index >= 15 is 0 Å². The van der Waals surface area contributed by atoms with Crippen LogP contribution in [0.15, 0.2) is 23.2 Å². The van der Waals surface area contributed by atoms with Crippen LogP contribution in [0.1, 0.15) is 37.8 Å². The molecule has 0 heterocycles. The highest BCUT2D eigenvalue weighted by atomic mass is 127. The van der Waals surface area contributed by atoms with Crippen molar-refractivity contribution in [3.8, 4) is 0 Å². The molecule has 0 fully saturated rings. The van der Waals surface area contributed by atoms with Crippen LogP contribution in [0.25, 0.3) is 0 Å². The van der Waals surface area contributed by atoms with Crippen LogP contribution in [-0.2, 0) is 6.54 Å². The van der Waals surface area contributed by atoms with Gasteiger partial charge in [-0.2, -0.15) is 0 Å². The Labute approximate surface area is 138 Å². The largest absolute Gasteiger partial charge is 0.357 e. The van der Waals surface area contributed by atoms with Crippen LogP contribution in [0.2, 0.25) is 0 Å². The summed E-state index contributed by atoms with van der Waals surface area (Å²) in [4.78, 5) is 4.45. The van der Waals surface area contributed by atoms with E-state index in [0.717, 1.165) is 37.5 Å². The van der Waals surface area contributed by atoms with Gasteiger partial charge in [0.05, 0.1) is 6.54 Å². The van der Waals surface area contributed by atoms with Crippen molar-refractivity contribution in [2.45, 2.75) is 40.2 Å². The van der Waals surface area contributed by atoms with Gasteiger partial charge in [-0.15, -0.1) is 24.0 Å². The number of hydrogen-bond acceptors (Lipinski definition) is 1. The van der Waals surface area contributed by atoms with Gasteiger partial charge in [0, 0.05) is 13.1 Å². The molecular formula is C15H25FIN3. The molecular weight excluding hydrogens is 368 g/mol. The van der Waals surface area contributed by atoms with Crippen molar-refractivity contribution in [2.24, 2.45) is 4.99 Å². The van der Waals surface area contributed by atoms with Crippen molar-refractivity contribution >= 4 is 29.9 Å². The predicted octanol–water partition coefficient (Wildman–Crippen LogP) is 3.61. The standard InChI is InChI=1S/C15H24FN3.HI/c1-4-6-9-18-15(17-5-2)19-11-13-8-7-12(3)14(16)10-13;/h7-8,10H,4-6,9,11H2,1-3H3,(H2,17,18,19);1H. The summed E-state index contributed by atoms with van der Waals surface area (Å²) in [5, 5.41) is 6.45. The Hall–Kier alpha value is -0.850. The fourth-order valence-electron chi connectivity index (χ4n) is 1.63. The van der Waals surface area contributed by atoms with E-state index in [1.165, 1.54) is 0 Å². The van der Waals surface area contributed by atoms with E-state index in [-0.39, 0.29) is 29.8 Å². The minimum Gasteiger partial charge on any atom is -0.357 e. The van der Waals surface area contributed by atoms with Gasteiger partial charge in [0.1, 0.15) is 5.82 Å². The molecule has 0 atom stereocenters. The van der Waals surface area contributed by atoms with Crippen molar-refractivity contribution in [1.82, 2.24) is 10.6 Å². The summed E-state index contributed by atoms with van der Waals surface area (Å²) in [5.41, 5.74) is 1.55. The highest BCUT2D eigenvalue weighted by Gasteiger charge is 2.00. The van der Waals surface area contributed by atoms with Gasteiger partial charge < -0.3 is 10.6 Å². The third-order valence-corrected chi connectivity index (χ3v) is 2.82. The van der Waals surface area contributed by atoms with Crippen LogP contribution in [0.4, 0.5) is 4.39 Å². The molecule has 114 valence electrons. The summed E-state index contributed by atoms with van der Waals surface area (Å²) < 4.78 is 13.4. The second-order valence-electron chi connectivity index (χ2n) is 4.56. The zero-order chi connectivity index (χ0) is 14.1. The van der Waals surface area contributed by atoms with Crippen LogP contribution in [0, 0.1) is 12.7 Å². The third kappa shape index (κ3) is 7.07. The molecule has 1 rings (SSSR count). The molecule has 0 amide bonds. The lowest BCUT2D eigenvalue weighted by molar-refractivity contribution is 0.616. The van der Waals surface area contributed by atoms with Crippen LogP contribution >= 0.6 is 24.0 Å². The number of aliphatic imine (C=N–C) groups is 1. The average molecular weight is 393 g/mol. The van der Waals surface area contributed by atoms with Crippen LogP contribution in [0.5, 0.6) is 0 Å². The lowest BCUT2D eigenvalue weighted by atomic mass is 10.1. The molecule has 0 radical (unpaired) electrons. The number of nitrogens with zero attached hydrogens (tertiary/aromatic N) is 1. The minimum absolute atomic E-state index is 0. The fraction of sp³-hybridized carbons (Fsp3) is 0.533. The van der Waals surface area contributed by atoms with E-state index in [4.69, 9.17) is 0 Å². The number of halogens is 2. The molecule has 0 saturated carbocycles. The second-order valence-corrected chi connectivity index (χ2v) is 4.56. The third-order valence-electron chi connectivity index (χ3n) is 2.82. The summed E-state index contributed by atoms with van der Waals surface area (Å²) in [6.07, 6.45) is 2.26. The average Bonchev–Trinajstić information content (AvgIpc) is 2.40. The molecule has 0 aliphatic rings. The van der Waals surface area contributed by atoms with Gasteiger partial charge in [0.15, 0.2) is 5.96 Å². The molecule has 1 aromatic rings. The van der Waals surface area contributed by atoms with E-state index < -0.39 is 0 Å². The molecule has 2 N–H and O–H groups in total. The first-order valence-corrected chi connectivity index (χ1v) is 6.94. The topological polar surface area (TPSA) is 36.4 Å². The van der Waals surface area contributed by atoms with Crippen molar-refractivity contribution in [3.63, 3.8) is 0 Å². The number of benzene rings is 1. The quantitative estimate of drug-likeness (QED) is 0.335. The number of hydrogen-bond donors (Lipinski definition) is 2. The number of rotatable bonds is 6. The summed E-state index contributed by atoms with van der Waals surface area (Å²) in [5.74, 6) is 0.619. The van der Waals surface area contributed by atoms with Gasteiger partial charge in [-0.1, -0.05) is 25.5 Å². The number of unbranched alkanes of at least 4 members (excludes halogenated alkanes) is 1. The van der Waals surface area contributed by atoms with Crippen LogP contribution < -0.4 is 10.6 Å². The zero-order valence-corrected chi connectivity index (χ0v) is 14.8. The first-order valence-electron chi connectivity index (χ1n) is 6.94. The molecule has 0 unspecified atom stereocenters. The van der Waals surface area contributed by atoms with Gasteiger partial charge in [-0.3, -0.25) is 0 Å². The van der Waals surface area contributed by atoms with E-state index in [1.54, 1.807) is 19.1 Å². The minimum atomic E-state index is -0.170. The maximum Gasteiger partial charge on any atom is 0.191 e. The zero-order valence-electron chi connectivity index (χ0n) is 12.5. The molecule has 0 aromatic heterocycles. The molecule has 0 aliphatic heterocycles. The Morgan fingerprint density at radius 1 is 1.25 bits per heavy atom. The Morgan fingerprint density at radius 3 is 2.60 bits per heavy atom. The van der Waals surface area contributed by atoms with Gasteiger partial charge in [-0.25, -0.2) is 9.38 Å². The smallest absolute Gasteiger partial charge is 0.191 e. The highest BCUT2D eigenvalue weighted by molar-refractivity contribution is 14.0. The maximum atomic E-state index is 13.4. The summed E-state index contributed by atoms with van der Waals surface area (Å²) in [6, 6.07) is 5.25. The van der Waals surface area contributed by atoms with Crippen molar-refractivity contribution < 1.29 is 4.39 Å². The predicted molar refractivity (Wildman–Crippen MR) is 94.3 cm³/mol. The van der Waals surface area contributed by atoms with Crippen molar-refractivity contribution in [2.75, 3.05) is 13.1 Å². The fourth-order valence-corrected chi connectivity index (χ4v) is 1.63. The summed E-state index contributed by atoms with van der Waals surface area (Å²) >= 11 is 0. The number of nitrogens with one attached hydrogen (secondary N) is 2. The molecule has 0 aliphatic carbocycles.